The second-order valence-corrected chi connectivity index (χ2v) is 10.5. The first-order valence-electron chi connectivity index (χ1n) is 11.3. The topological polar surface area (TPSA) is 73.1 Å². The fourth-order valence-corrected chi connectivity index (χ4v) is 5.29. The van der Waals surface area contributed by atoms with Crippen LogP contribution in [0, 0.1) is 5.41 Å². The Bertz CT molecular complexity index is 1220. The van der Waals surface area contributed by atoms with Gasteiger partial charge in [-0.3, -0.25) is 18.7 Å². The summed E-state index contributed by atoms with van der Waals surface area (Å²) in [6, 6.07) is 7.78. The highest BCUT2D eigenvalue weighted by Crippen LogP contribution is 2.47. The molecule has 6 nitrogen and oxygen atoms in total. The third-order valence-electron chi connectivity index (χ3n) is 6.33. The molecule has 0 bridgehead atoms. The molecule has 1 N–H and O–H groups in total. The molecule has 0 saturated heterocycles. The third-order valence-corrected chi connectivity index (χ3v) is 6.86. The highest BCUT2D eigenvalue weighted by Gasteiger charge is 2.43. The largest absolute Gasteiger partial charge is 0.344 e. The van der Waals surface area contributed by atoms with Crippen molar-refractivity contribution in [2.24, 2.45) is 5.41 Å². The summed E-state index contributed by atoms with van der Waals surface area (Å²) in [6.45, 7) is 8.99. The van der Waals surface area contributed by atoms with Crippen LogP contribution in [0.2, 0.25) is 0 Å². The van der Waals surface area contributed by atoms with Crippen LogP contribution >= 0.6 is 15.9 Å². The Kier molecular flexibility index (Phi) is 6.05. The van der Waals surface area contributed by atoms with Crippen LogP contribution in [0.3, 0.4) is 0 Å². The van der Waals surface area contributed by atoms with E-state index in [-0.39, 0.29) is 22.4 Å². The molecule has 2 aromatic rings. The minimum atomic E-state index is -0.489. The van der Waals surface area contributed by atoms with Crippen molar-refractivity contribution in [2.45, 2.75) is 72.4 Å². The van der Waals surface area contributed by atoms with E-state index in [9.17, 15) is 14.4 Å². The lowest BCUT2D eigenvalue weighted by Gasteiger charge is -2.39. The van der Waals surface area contributed by atoms with Gasteiger partial charge in [0, 0.05) is 41.2 Å². The van der Waals surface area contributed by atoms with Gasteiger partial charge in [0.15, 0.2) is 5.78 Å². The number of fused-ring (bicyclic) bond motifs is 1. The molecule has 4 rings (SSSR count). The summed E-state index contributed by atoms with van der Waals surface area (Å²) in [4.78, 5) is 40.4. The molecule has 2 aliphatic rings. The van der Waals surface area contributed by atoms with Crippen LogP contribution in [0.1, 0.15) is 70.4 Å². The fraction of sp³-hybridized carbons (Fsp3) is 0.480. The van der Waals surface area contributed by atoms with Gasteiger partial charge in [0.2, 0.25) is 0 Å². The number of halogens is 1. The molecule has 2 heterocycles. The molecule has 0 amide bonds. The van der Waals surface area contributed by atoms with Crippen molar-refractivity contribution in [3.05, 3.63) is 72.0 Å². The van der Waals surface area contributed by atoms with E-state index in [0.717, 1.165) is 22.2 Å². The molecule has 0 spiro atoms. The summed E-state index contributed by atoms with van der Waals surface area (Å²) in [7, 11) is 0. The molecule has 0 fully saturated rings. The number of benzene rings is 1. The van der Waals surface area contributed by atoms with Crippen LogP contribution in [-0.2, 0) is 17.9 Å². The number of hydrogen-bond acceptors (Lipinski definition) is 4. The molecule has 1 aliphatic heterocycles. The number of carbonyl (C=O) groups excluding carboxylic acids is 1. The number of nitrogens with one attached hydrogen (secondary N) is 1. The van der Waals surface area contributed by atoms with Gasteiger partial charge in [-0.2, -0.15) is 0 Å². The number of anilines is 1. The Morgan fingerprint density at radius 1 is 1.00 bits per heavy atom. The van der Waals surface area contributed by atoms with Crippen molar-refractivity contribution in [1.29, 1.82) is 0 Å². The van der Waals surface area contributed by atoms with Gasteiger partial charge in [0.1, 0.15) is 5.82 Å². The van der Waals surface area contributed by atoms with Crippen LogP contribution in [0.5, 0.6) is 0 Å². The molecule has 170 valence electrons. The summed E-state index contributed by atoms with van der Waals surface area (Å²) in [5.41, 5.74) is 2.12. The summed E-state index contributed by atoms with van der Waals surface area (Å²) in [6.07, 6.45) is 2.57. The van der Waals surface area contributed by atoms with Crippen molar-refractivity contribution < 1.29 is 4.79 Å². The Hall–Kier alpha value is -2.41. The number of carbonyl (C=O) groups is 1. The second kappa shape index (κ2) is 8.50. The van der Waals surface area contributed by atoms with Gasteiger partial charge in [-0.15, -0.1) is 0 Å². The van der Waals surface area contributed by atoms with Crippen molar-refractivity contribution >= 4 is 27.5 Å². The quantitative estimate of drug-likeness (QED) is 0.641. The predicted molar refractivity (Wildman–Crippen MR) is 130 cm³/mol. The van der Waals surface area contributed by atoms with Crippen molar-refractivity contribution in [1.82, 2.24) is 9.13 Å². The van der Waals surface area contributed by atoms with Crippen LogP contribution < -0.4 is 16.6 Å². The monoisotopic (exact) mass is 499 g/mol. The normalized spacial score (nSPS) is 19.4. The molecule has 1 aromatic carbocycles. The second-order valence-electron chi connectivity index (χ2n) is 9.60. The van der Waals surface area contributed by atoms with Gasteiger partial charge in [-0.1, -0.05) is 55.8 Å². The number of nitrogens with zero attached hydrogens (tertiary/aromatic N) is 2. The fourth-order valence-electron chi connectivity index (χ4n) is 5.02. The third kappa shape index (κ3) is 3.81. The lowest BCUT2D eigenvalue weighted by Crippen LogP contribution is -2.46. The van der Waals surface area contributed by atoms with E-state index in [4.69, 9.17) is 0 Å². The van der Waals surface area contributed by atoms with E-state index in [0.29, 0.717) is 49.3 Å². The van der Waals surface area contributed by atoms with Gasteiger partial charge in [-0.05, 0) is 42.4 Å². The summed E-state index contributed by atoms with van der Waals surface area (Å²) in [5.74, 6) is 0.126. The van der Waals surface area contributed by atoms with Crippen LogP contribution in [0.25, 0.3) is 0 Å². The highest BCUT2D eigenvalue weighted by atomic mass is 79.9. The first kappa shape index (κ1) is 22.8. The predicted octanol–water partition coefficient (Wildman–Crippen LogP) is 4.79. The molecule has 0 radical (unpaired) electrons. The Morgan fingerprint density at radius 3 is 2.25 bits per heavy atom. The van der Waals surface area contributed by atoms with Gasteiger partial charge in [0.25, 0.3) is 5.56 Å². The van der Waals surface area contributed by atoms with Crippen LogP contribution in [-0.4, -0.2) is 14.9 Å². The standard InChI is InChI=1S/C25H30BrN3O3/c1-5-11-28-22-21(23(31)29(12-6-2)24(28)32)19(15-7-9-16(26)10-8-15)20-17(27-22)13-25(3,4)14-18(20)30/h7-10,19,27H,5-6,11-14H2,1-4H3. The van der Waals surface area contributed by atoms with Gasteiger partial charge < -0.3 is 5.32 Å². The minimum absolute atomic E-state index is 0.0667. The van der Waals surface area contributed by atoms with Gasteiger partial charge in [-0.25, -0.2) is 4.79 Å². The zero-order valence-electron chi connectivity index (χ0n) is 19.1. The van der Waals surface area contributed by atoms with Crippen LogP contribution in [0.15, 0.2) is 49.6 Å². The average Bonchev–Trinajstić information content (AvgIpc) is 2.72. The maximum absolute atomic E-state index is 13.7. The van der Waals surface area contributed by atoms with Gasteiger partial charge in [0.05, 0.1) is 5.56 Å². The maximum atomic E-state index is 13.7. The van der Waals surface area contributed by atoms with Crippen molar-refractivity contribution in [2.75, 3.05) is 5.32 Å². The number of rotatable bonds is 5. The Labute approximate surface area is 196 Å². The minimum Gasteiger partial charge on any atom is -0.344 e. The zero-order chi connectivity index (χ0) is 23.2. The van der Waals surface area contributed by atoms with Crippen molar-refractivity contribution in [3.63, 3.8) is 0 Å². The van der Waals surface area contributed by atoms with E-state index >= 15 is 0 Å². The summed E-state index contributed by atoms with van der Waals surface area (Å²) in [5, 5.41) is 3.40. The first-order valence-corrected chi connectivity index (χ1v) is 12.1. The molecule has 1 aliphatic carbocycles. The summed E-state index contributed by atoms with van der Waals surface area (Å²) < 4.78 is 3.96. The number of hydrogen-bond donors (Lipinski definition) is 1. The number of Topliss-reactive ketones (excluding diaryl/α,β-unsaturated/α-hetero) is 1. The molecule has 0 saturated carbocycles. The van der Waals surface area contributed by atoms with E-state index in [1.54, 1.807) is 4.57 Å². The Morgan fingerprint density at radius 2 is 1.62 bits per heavy atom. The molecule has 7 heteroatoms. The maximum Gasteiger partial charge on any atom is 0.332 e. The smallest absolute Gasteiger partial charge is 0.332 e. The number of ketones is 1. The van der Waals surface area contributed by atoms with E-state index in [2.05, 4.69) is 35.1 Å². The highest BCUT2D eigenvalue weighted by molar-refractivity contribution is 9.10. The number of allylic oxidation sites excluding steroid dienone is 2. The summed E-state index contributed by atoms with van der Waals surface area (Å²) >= 11 is 3.48. The molecule has 1 aromatic heterocycles. The lowest BCUT2D eigenvalue weighted by atomic mass is 9.69. The molecular weight excluding hydrogens is 470 g/mol. The van der Waals surface area contributed by atoms with Gasteiger partial charge >= 0.3 is 5.69 Å². The number of aromatic nitrogens is 2. The Balaban J connectivity index is 2.08. The molecule has 32 heavy (non-hydrogen) atoms. The molecule has 1 atom stereocenters. The van der Waals surface area contributed by atoms with Crippen LogP contribution in [0.4, 0.5) is 5.82 Å². The molecule has 1 unspecified atom stereocenters. The average molecular weight is 500 g/mol. The first-order chi connectivity index (χ1) is 15.2. The lowest BCUT2D eigenvalue weighted by molar-refractivity contribution is -0.118. The van der Waals surface area contributed by atoms with E-state index in [1.165, 1.54) is 4.57 Å². The molecular formula is C25H30BrN3O3. The SMILES string of the molecule is CCCn1c2c(c(=O)n(CCC)c1=O)C(c1ccc(Br)cc1)C1=C(CC(C)(C)CC1=O)N2. The van der Waals surface area contributed by atoms with E-state index < -0.39 is 5.92 Å². The van der Waals surface area contributed by atoms with E-state index in [1.807, 2.05) is 38.1 Å². The van der Waals surface area contributed by atoms with Crippen molar-refractivity contribution in [3.8, 4) is 0 Å². The zero-order valence-corrected chi connectivity index (χ0v) is 20.7.